The molecule has 1 N–H and O–H groups in total. The third-order valence-electron chi connectivity index (χ3n) is 4.12. The van der Waals surface area contributed by atoms with Crippen LogP contribution in [0.4, 0.5) is 5.69 Å². The van der Waals surface area contributed by atoms with Gasteiger partial charge in [-0.2, -0.15) is 5.10 Å². The zero-order valence-electron chi connectivity index (χ0n) is 13.1. The number of rotatable bonds is 4. The minimum Gasteiger partial charge on any atom is -0.381 e. The second kappa shape index (κ2) is 6.02. The van der Waals surface area contributed by atoms with Crippen molar-refractivity contribution in [2.75, 3.05) is 18.5 Å². The van der Waals surface area contributed by atoms with E-state index < -0.39 is 0 Å². The fourth-order valence-electron chi connectivity index (χ4n) is 3.01. The van der Waals surface area contributed by atoms with E-state index in [9.17, 15) is 0 Å². The van der Waals surface area contributed by atoms with E-state index in [-0.39, 0.29) is 0 Å². The molecule has 0 bridgehead atoms. The normalized spacial score (nSPS) is 16.5. The van der Waals surface area contributed by atoms with E-state index in [2.05, 4.69) is 25.2 Å². The largest absolute Gasteiger partial charge is 0.381 e. The summed E-state index contributed by atoms with van der Waals surface area (Å²) in [6, 6.07) is 2.64. The number of hydrogen-bond donors (Lipinski definition) is 1. The first-order chi connectivity index (χ1) is 10.2. The first-order valence-electron chi connectivity index (χ1n) is 7.94. The van der Waals surface area contributed by atoms with Crippen LogP contribution < -0.4 is 5.32 Å². The highest BCUT2D eigenvalue weighted by Gasteiger charge is 2.19. The average molecular weight is 288 g/mol. The first kappa shape index (κ1) is 14.3. The standard InChI is InChI=1S/C16H24N4O/c1-4-13-15-14(18-12-6-8-21-9-7-12)10-11(3)17-16(15)20(5-2)19-13/h10,12H,4-9H2,1-3H3,(H,17,18). The van der Waals surface area contributed by atoms with E-state index in [1.807, 2.05) is 11.6 Å². The van der Waals surface area contributed by atoms with Crippen molar-refractivity contribution in [3.63, 3.8) is 0 Å². The predicted octanol–water partition coefficient (Wildman–Crippen LogP) is 2.91. The van der Waals surface area contributed by atoms with Gasteiger partial charge in [-0.1, -0.05) is 6.92 Å². The maximum absolute atomic E-state index is 5.45. The van der Waals surface area contributed by atoms with Gasteiger partial charge in [0.05, 0.1) is 11.1 Å². The lowest BCUT2D eigenvalue weighted by Gasteiger charge is -2.24. The lowest BCUT2D eigenvalue weighted by molar-refractivity contribution is 0.0905. The van der Waals surface area contributed by atoms with Crippen LogP contribution in [0.5, 0.6) is 0 Å². The molecule has 3 heterocycles. The lowest BCUT2D eigenvalue weighted by atomic mass is 10.1. The van der Waals surface area contributed by atoms with Crippen molar-refractivity contribution in [1.29, 1.82) is 0 Å². The molecule has 5 nitrogen and oxygen atoms in total. The van der Waals surface area contributed by atoms with Crippen LogP contribution in [0.3, 0.4) is 0 Å². The molecule has 1 fully saturated rings. The number of aryl methyl sites for hydroxylation is 3. The van der Waals surface area contributed by atoms with E-state index in [4.69, 9.17) is 14.8 Å². The van der Waals surface area contributed by atoms with Crippen LogP contribution in [0.25, 0.3) is 11.0 Å². The van der Waals surface area contributed by atoms with Gasteiger partial charge in [-0.15, -0.1) is 0 Å². The topological polar surface area (TPSA) is 52.0 Å². The molecule has 3 rings (SSSR count). The quantitative estimate of drug-likeness (QED) is 0.940. The Morgan fingerprint density at radius 1 is 1.33 bits per heavy atom. The van der Waals surface area contributed by atoms with Gasteiger partial charge < -0.3 is 10.1 Å². The fraction of sp³-hybridized carbons (Fsp3) is 0.625. The minimum atomic E-state index is 0.485. The second-order valence-corrected chi connectivity index (χ2v) is 5.66. The van der Waals surface area contributed by atoms with Crippen LogP contribution in [0.2, 0.25) is 0 Å². The van der Waals surface area contributed by atoms with E-state index in [0.717, 1.165) is 56.1 Å². The number of hydrogen-bond acceptors (Lipinski definition) is 4. The Balaban J connectivity index is 2.05. The Hall–Kier alpha value is -1.62. The van der Waals surface area contributed by atoms with Crippen LogP contribution in [0.1, 0.15) is 38.1 Å². The molecule has 1 aliphatic rings. The molecular formula is C16H24N4O. The third-order valence-corrected chi connectivity index (χ3v) is 4.12. The average Bonchev–Trinajstić information content (AvgIpc) is 2.86. The summed E-state index contributed by atoms with van der Waals surface area (Å²) in [6.45, 7) is 8.86. The second-order valence-electron chi connectivity index (χ2n) is 5.66. The van der Waals surface area contributed by atoms with Crippen molar-refractivity contribution in [1.82, 2.24) is 14.8 Å². The molecule has 2 aromatic rings. The Bertz CT molecular complexity index is 629. The van der Waals surface area contributed by atoms with Crippen LogP contribution in [-0.4, -0.2) is 34.0 Å². The molecule has 0 amide bonds. The third kappa shape index (κ3) is 2.75. The zero-order valence-corrected chi connectivity index (χ0v) is 13.1. The van der Waals surface area contributed by atoms with Gasteiger partial charge >= 0.3 is 0 Å². The summed E-state index contributed by atoms with van der Waals surface area (Å²) >= 11 is 0. The number of nitrogens with zero attached hydrogens (tertiary/aromatic N) is 3. The van der Waals surface area contributed by atoms with Crippen LogP contribution in [0, 0.1) is 6.92 Å². The summed E-state index contributed by atoms with van der Waals surface area (Å²) in [5.74, 6) is 0. The van der Waals surface area contributed by atoms with Gasteiger partial charge in [0.1, 0.15) is 0 Å². The minimum absolute atomic E-state index is 0.485. The number of nitrogens with one attached hydrogen (secondary N) is 1. The lowest BCUT2D eigenvalue weighted by Crippen LogP contribution is -2.28. The summed E-state index contributed by atoms with van der Waals surface area (Å²) < 4.78 is 7.46. The van der Waals surface area contributed by atoms with Gasteiger partial charge in [0.2, 0.25) is 0 Å². The Labute approximate surface area is 125 Å². The molecule has 21 heavy (non-hydrogen) atoms. The summed E-state index contributed by atoms with van der Waals surface area (Å²) in [6.07, 6.45) is 3.05. The Morgan fingerprint density at radius 3 is 2.76 bits per heavy atom. The molecule has 1 saturated heterocycles. The molecule has 114 valence electrons. The predicted molar refractivity (Wildman–Crippen MR) is 84.8 cm³/mol. The molecule has 0 atom stereocenters. The van der Waals surface area contributed by atoms with Crippen molar-refractivity contribution < 1.29 is 4.74 Å². The zero-order chi connectivity index (χ0) is 14.8. The molecule has 5 heteroatoms. The SMILES string of the molecule is CCc1nn(CC)c2nc(C)cc(NC3CCOCC3)c12. The van der Waals surface area contributed by atoms with Gasteiger partial charge in [0, 0.05) is 37.2 Å². The van der Waals surface area contributed by atoms with Crippen LogP contribution in [-0.2, 0) is 17.7 Å². The van der Waals surface area contributed by atoms with Gasteiger partial charge in [0.15, 0.2) is 5.65 Å². The van der Waals surface area contributed by atoms with E-state index in [1.54, 1.807) is 0 Å². The van der Waals surface area contributed by atoms with Crippen molar-refractivity contribution in [2.24, 2.45) is 0 Å². The molecule has 0 radical (unpaired) electrons. The number of fused-ring (bicyclic) bond motifs is 1. The molecule has 2 aromatic heterocycles. The molecule has 0 saturated carbocycles. The molecule has 0 aromatic carbocycles. The van der Waals surface area contributed by atoms with Crippen molar-refractivity contribution in [3.8, 4) is 0 Å². The Morgan fingerprint density at radius 2 is 2.10 bits per heavy atom. The smallest absolute Gasteiger partial charge is 0.160 e. The highest BCUT2D eigenvalue weighted by atomic mass is 16.5. The molecule has 1 aliphatic heterocycles. The molecular weight excluding hydrogens is 264 g/mol. The van der Waals surface area contributed by atoms with Crippen molar-refractivity contribution >= 4 is 16.7 Å². The van der Waals surface area contributed by atoms with Crippen LogP contribution >= 0.6 is 0 Å². The van der Waals surface area contributed by atoms with Crippen LogP contribution in [0.15, 0.2) is 6.07 Å². The summed E-state index contributed by atoms with van der Waals surface area (Å²) in [5, 5.41) is 9.61. The van der Waals surface area contributed by atoms with E-state index in [0.29, 0.717) is 6.04 Å². The molecule has 0 unspecified atom stereocenters. The van der Waals surface area contributed by atoms with Gasteiger partial charge in [-0.3, -0.25) is 0 Å². The van der Waals surface area contributed by atoms with Crippen molar-refractivity contribution in [2.45, 2.75) is 52.6 Å². The monoisotopic (exact) mass is 288 g/mol. The fourth-order valence-corrected chi connectivity index (χ4v) is 3.01. The maximum Gasteiger partial charge on any atom is 0.160 e. The maximum atomic E-state index is 5.45. The van der Waals surface area contributed by atoms with Crippen molar-refractivity contribution in [3.05, 3.63) is 17.5 Å². The number of aromatic nitrogens is 3. The number of pyridine rings is 1. The Kier molecular flexibility index (Phi) is 4.10. The number of anilines is 1. The highest BCUT2D eigenvalue weighted by Crippen LogP contribution is 2.29. The van der Waals surface area contributed by atoms with Gasteiger partial charge in [-0.25, -0.2) is 9.67 Å². The summed E-state index contributed by atoms with van der Waals surface area (Å²) in [7, 11) is 0. The van der Waals surface area contributed by atoms with E-state index in [1.165, 1.54) is 11.1 Å². The van der Waals surface area contributed by atoms with Gasteiger partial charge in [0.25, 0.3) is 0 Å². The van der Waals surface area contributed by atoms with E-state index >= 15 is 0 Å². The summed E-state index contributed by atoms with van der Waals surface area (Å²) in [5.41, 5.74) is 4.35. The molecule has 0 aliphatic carbocycles. The number of ether oxygens (including phenoxy) is 1. The molecule has 0 spiro atoms. The first-order valence-corrected chi connectivity index (χ1v) is 7.94. The van der Waals surface area contributed by atoms with Gasteiger partial charge in [-0.05, 0) is 39.2 Å². The highest BCUT2D eigenvalue weighted by molar-refractivity contribution is 5.92. The summed E-state index contributed by atoms with van der Waals surface area (Å²) in [4.78, 5) is 4.70.